The molecule has 0 aliphatic carbocycles. The molecular weight excluding hydrogens is 251 g/mol. The molecule has 0 bridgehead atoms. The molecule has 0 saturated carbocycles. The second kappa shape index (κ2) is 3.84. The van der Waals surface area contributed by atoms with Gasteiger partial charge in [-0.05, 0) is 11.6 Å². The molecule has 2 aromatic rings. The Bertz CT molecular complexity index is 538. The highest BCUT2D eigenvalue weighted by molar-refractivity contribution is 6.35. The van der Waals surface area contributed by atoms with Gasteiger partial charge < -0.3 is 9.30 Å². The molecule has 0 atom stereocenters. The van der Waals surface area contributed by atoms with Crippen molar-refractivity contribution < 1.29 is 4.74 Å². The molecule has 0 radical (unpaired) electrons. The van der Waals surface area contributed by atoms with E-state index < -0.39 is 0 Å². The van der Waals surface area contributed by atoms with Gasteiger partial charge in [-0.15, -0.1) is 0 Å². The molecule has 7 heteroatoms. The average Bonchev–Trinajstić information content (AvgIpc) is 2.55. The Kier molecular flexibility index (Phi) is 2.46. The number of nitrogens with zero attached hydrogens (tertiary/aromatic N) is 4. The van der Waals surface area contributed by atoms with Crippen molar-refractivity contribution >= 4 is 34.4 Å². The molecule has 1 fully saturated rings. The molecule has 1 aliphatic rings. The van der Waals surface area contributed by atoms with Gasteiger partial charge in [-0.3, -0.25) is 0 Å². The van der Waals surface area contributed by atoms with E-state index in [1.165, 1.54) is 0 Å². The minimum Gasteiger partial charge on any atom is -0.381 e. The summed E-state index contributed by atoms with van der Waals surface area (Å²) in [6.45, 7) is 2.39. The standard InChI is InChI=1S/C9H8Cl2N4O/c10-7-6-8(14-9(11)13-7)15(4-12-6)1-5-2-16-3-5/h4-5H,1-3H2. The summed E-state index contributed by atoms with van der Waals surface area (Å²) in [5.41, 5.74) is 1.27. The van der Waals surface area contributed by atoms with Gasteiger partial charge in [0.05, 0.1) is 19.5 Å². The van der Waals surface area contributed by atoms with E-state index in [1.807, 2.05) is 4.57 Å². The number of ether oxygens (including phenoxy) is 1. The lowest BCUT2D eigenvalue weighted by Gasteiger charge is -2.26. The first kappa shape index (κ1) is 10.3. The van der Waals surface area contributed by atoms with Crippen LogP contribution in [-0.2, 0) is 11.3 Å². The number of rotatable bonds is 2. The molecule has 0 spiro atoms. The van der Waals surface area contributed by atoms with Crippen molar-refractivity contribution in [3.8, 4) is 0 Å². The number of halogens is 2. The summed E-state index contributed by atoms with van der Waals surface area (Å²) in [4.78, 5) is 12.2. The Morgan fingerprint density at radius 2 is 2.19 bits per heavy atom. The van der Waals surface area contributed by atoms with Crippen LogP contribution in [0.4, 0.5) is 0 Å². The number of fused-ring (bicyclic) bond motifs is 1. The summed E-state index contributed by atoms with van der Waals surface area (Å²) in [6, 6.07) is 0. The lowest BCUT2D eigenvalue weighted by Crippen LogP contribution is -2.31. The second-order valence-electron chi connectivity index (χ2n) is 3.76. The highest BCUT2D eigenvalue weighted by Crippen LogP contribution is 2.22. The second-order valence-corrected chi connectivity index (χ2v) is 4.45. The normalized spacial score (nSPS) is 16.6. The van der Waals surface area contributed by atoms with E-state index in [9.17, 15) is 0 Å². The maximum atomic E-state index is 5.92. The Labute approximate surface area is 101 Å². The van der Waals surface area contributed by atoms with E-state index in [1.54, 1.807) is 6.33 Å². The van der Waals surface area contributed by atoms with E-state index in [2.05, 4.69) is 15.0 Å². The fourth-order valence-electron chi connectivity index (χ4n) is 1.69. The van der Waals surface area contributed by atoms with Crippen LogP contribution in [0.5, 0.6) is 0 Å². The van der Waals surface area contributed by atoms with Gasteiger partial charge in [0.25, 0.3) is 0 Å². The first-order chi connectivity index (χ1) is 7.74. The molecule has 2 aromatic heterocycles. The molecule has 3 rings (SSSR count). The predicted octanol–water partition coefficient (Wildman–Crippen LogP) is 1.78. The quantitative estimate of drug-likeness (QED) is 0.609. The smallest absolute Gasteiger partial charge is 0.225 e. The van der Waals surface area contributed by atoms with Crippen molar-refractivity contribution in [3.05, 3.63) is 16.8 Å². The topological polar surface area (TPSA) is 52.8 Å². The number of hydrogen-bond acceptors (Lipinski definition) is 4. The summed E-state index contributed by atoms with van der Waals surface area (Å²) in [5, 5.41) is 0.433. The largest absolute Gasteiger partial charge is 0.381 e. The van der Waals surface area contributed by atoms with Gasteiger partial charge in [0.1, 0.15) is 5.52 Å². The summed E-state index contributed by atoms with van der Waals surface area (Å²) >= 11 is 11.7. The van der Waals surface area contributed by atoms with Gasteiger partial charge in [0.2, 0.25) is 5.28 Å². The number of hydrogen-bond donors (Lipinski definition) is 0. The van der Waals surface area contributed by atoms with Gasteiger partial charge >= 0.3 is 0 Å². The van der Waals surface area contributed by atoms with Crippen molar-refractivity contribution in [1.82, 2.24) is 19.5 Å². The lowest BCUT2D eigenvalue weighted by molar-refractivity contribution is -0.0390. The summed E-state index contributed by atoms with van der Waals surface area (Å²) in [7, 11) is 0. The fraction of sp³-hybridized carbons (Fsp3) is 0.444. The molecule has 84 valence electrons. The molecule has 0 amide bonds. The Morgan fingerprint density at radius 1 is 1.38 bits per heavy atom. The van der Waals surface area contributed by atoms with Crippen LogP contribution in [0.1, 0.15) is 0 Å². The molecule has 1 aliphatic heterocycles. The van der Waals surface area contributed by atoms with Crippen LogP contribution in [0.2, 0.25) is 10.4 Å². The first-order valence-corrected chi connectivity index (χ1v) is 5.61. The van der Waals surface area contributed by atoms with Crippen molar-refractivity contribution in [2.75, 3.05) is 13.2 Å². The number of aromatic nitrogens is 4. The summed E-state index contributed by atoms with van der Waals surface area (Å²) in [5.74, 6) is 0.518. The Hall–Kier alpha value is -0.910. The fourth-order valence-corrected chi connectivity index (χ4v) is 2.11. The minimum absolute atomic E-state index is 0.143. The predicted molar refractivity (Wildman–Crippen MR) is 59.7 cm³/mol. The zero-order chi connectivity index (χ0) is 11.1. The monoisotopic (exact) mass is 258 g/mol. The highest BCUT2D eigenvalue weighted by Gasteiger charge is 2.20. The van der Waals surface area contributed by atoms with Gasteiger partial charge in [-0.25, -0.2) is 9.97 Å². The van der Waals surface area contributed by atoms with E-state index in [0.717, 1.165) is 19.8 Å². The van der Waals surface area contributed by atoms with Crippen LogP contribution in [0.15, 0.2) is 6.33 Å². The van der Waals surface area contributed by atoms with Crippen LogP contribution in [0, 0.1) is 5.92 Å². The molecule has 5 nitrogen and oxygen atoms in total. The minimum atomic E-state index is 0.143. The molecular formula is C9H8Cl2N4O. The van der Waals surface area contributed by atoms with Gasteiger partial charge in [0.15, 0.2) is 10.8 Å². The maximum Gasteiger partial charge on any atom is 0.225 e. The highest BCUT2D eigenvalue weighted by atomic mass is 35.5. The van der Waals surface area contributed by atoms with Gasteiger partial charge in [0, 0.05) is 12.5 Å². The third-order valence-electron chi connectivity index (χ3n) is 2.56. The zero-order valence-electron chi connectivity index (χ0n) is 8.23. The summed E-state index contributed by atoms with van der Waals surface area (Å²) < 4.78 is 7.06. The van der Waals surface area contributed by atoms with Crippen LogP contribution < -0.4 is 0 Å². The van der Waals surface area contributed by atoms with Crippen LogP contribution in [0.3, 0.4) is 0 Å². The summed E-state index contributed by atoms with van der Waals surface area (Å²) in [6.07, 6.45) is 1.71. The third kappa shape index (κ3) is 1.65. The van der Waals surface area contributed by atoms with Crippen LogP contribution in [-0.4, -0.2) is 32.7 Å². The molecule has 1 saturated heterocycles. The Morgan fingerprint density at radius 3 is 2.88 bits per heavy atom. The SMILES string of the molecule is Clc1nc(Cl)c2ncn(CC3COC3)c2n1. The van der Waals surface area contributed by atoms with Crippen molar-refractivity contribution in [2.24, 2.45) is 5.92 Å². The first-order valence-electron chi connectivity index (χ1n) is 4.85. The van der Waals surface area contributed by atoms with Crippen LogP contribution in [0.25, 0.3) is 11.2 Å². The lowest BCUT2D eigenvalue weighted by atomic mass is 10.1. The number of imidazole rings is 1. The van der Waals surface area contributed by atoms with E-state index >= 15 is 0 Å². The molecule has 16 heavy (non-hydrogen) atoms. The Balaban J connectivity index is 2.04. The van der Waals surface area contributed by atoms with E-state index in [-0.39, 0.29) is 5.28 Å². The van der Waals surface area contributed by atoms with Gasteiger partial charge in [-0.1, -0.05) is 11.6 Å². The van der Waals surface area contributed by atoms with E-state index in [0.29, 0.717) is 22.2 Å². The van der Waals surface area contributed by atoms with Crippen molar-refractivity contribution in [2.45, 2.75) is 6.54 Å². The van der Waals surface area contributed by atoms with E-state index in [4.69, 9.17) is 27.9 Å². The van der Waals surface area contributed by atoms with Crippen molar-refractivity contribution in [3.63, 3.8) is 0 Å². The van der Waals surface area contributed by atoms with Gasteiger partial charge in [-0.2, -0.15) is 4.98 Å². The maximum absolute atomic E-state index is 5.92. The molecule has 0 unspecified atom stereocenters. The van der Waals surface area contributed by atoms with Crippen LogP contribution >= 0.6 is 23.2 Å². The molecule has 3 heterocycles. The third-order valence-corrected chi connectivity index (χ3v) is 2.99. The zero-order valence-corrected chi connectivity index (χ0v) is 9.74. The van der Waals surface area contributed by atoms with Crippen molar-refractivity contribution in [1.29, 1.82) is 0 Å². The average molecular weight is 259 g/mol. The molecule has 0 aromatic carbocycles. The molecule has 0 N–H and O–H groups in total.